The van der Waals surface area contributed by atoms with Gasteiger partial charge in [-0.3, -0.25) is 4.79 Å². The molecule has 0 aromatic carbocycles. The fourth-order valence-corrected chi connectivity index (χ4v) is 3.23. The van der Waals surface area contributed by atoms with Crippen LogP contribution >= 0.6 is 0 Å². The molecule has 1 aliphatic heterocycles. The Labute approximate surface area is 149 Å². The lowest BCUT2D eigenvalue weighted by Gasteiger charge is -2.40. The summed E-state index contributed by atoms with van der Waals surface area (Å²) in [5.41, 5.74) is 0. The van der Waals surface area contributed by atoms with Crippen LogP contribution in [0.5, 0.6) is 0 Å². The number of methoxy groups -OCH3 is 1. The number of carbonyl (C=O) groups is 1. The first-order valence-corrected chi connectivity index (χ1v) is 9.91. The van der Waals surface area contributed by atoms with Crippen molar-refractivity contribution in [2.75, 3.05) is 26.8 Å². The fraction of sp³-hybridized carbons (Fsp3) is 0.950. The van der Waals surface area contributed by atoms with Crippen molar-refractivity contribution in [2.45, 2.75) is 90.9 Å². The lowest BCUT2D eigenvalue weighted by Crippen LogP contribution is -2.46. The van der Waals surface area contributed by atoms with Crippen molar-refractivity contribution in [1.29, 1.82) is 0 Å². The summed E-state index contributed by atoms with van der Waals surface area (Å²) in [6, 6.07) is 0.509. The van der Waals surface area contributed by atoms with Gasteiger partial charge in [-0.05, 0) is 51.9 Å². The molecule has 1 heterocycles. The second kappa shape index (κ2) is 12.0. The van der Waals surface area contributed by atoms with Gasteiger partial charge in [-0.2, -0.15) is 0 Å². The standard InChI is InChI=1S/C17H31NO2.C3H8O/c1-4-15(19)12-13(2)14(3)18-10-8-17(9-11-18)20-16-6-5-7-16;1-3-4-2/h13-14,16-17H,4-12H2,1-3H3;3H2,1-2H3. The molecule has 0 aromatic heterocycles. The average Bonchev–Trinajstić information content (AvgIpc) is 2.58. The van der Waals surface area contributed by atoms with Gasteiger partial charge in [0.15, 0.2) is 0 Å². The number of piperidine rings is 1. The lowest BCUT2D eigenvalue weighted by atomic mass is 9.92. The van der Waals surface area contributed by atoms with E-state index in [1.165, 1.54) is 19.3 Å². The molecule has 4 heteroatoms. The highest BCUT2D eigenvalue weighted by molar-refractivity contribution is 5.78. The summed E-state index contributed by atoms with van der Waals surface area (Å²) in [4.78, 5) is 14.1. The van der Waals surface area contributed by atoms with Crippen molar-refractivity contribution in [2.24, 2.45) is 5.92 Å². The van der Waals surface area contributed by atoms with Gasteiger partial charge in [0.05, 0.1) is 12.2 Å². The minimum absolute atomic E-state index is 0.396. The van der Waals surface area contributed by atoms with Crippen molar-refractivity contribution in [1.82, 2.24) is 4.90 Å². The third-order valence-corrected chi connectivity index (χ3v) is 5.55. The molecule has 2 fully saturated rings. The Morgan fingerprint density at radius 2 is 1.62 bits per heavy atom. The summed E-state index contributed by atoms with van der Waals surface area (Å²) in [7, 11) is 1.68. The predicted octanol–water partition coefficient (Wildman–Crippen LogP) is 4.07. The largest absolute Gasteiger partial charge is 0.385 e. The van der Waals surface area contributed by atoms with Crippen molar-refractivity contribution >= 4 is 5.78 Å². The molecule has 0 amide bonds. The quantitative estimate of drug-likeness (QED) is 0.667. The summed E-state index contributed by atoms with van der Waals surface area (Å²) in [6.07, 6.45) is 8.67. The van der Waals surface area contributed by atoms with E-state index in [1.807, 2.05) is 13.8 Å². The first-order valence-electron chi connectivity index (χ1n) is 9.91. The molecule has 4 nitrogen and oxygen atoms in total. The van der Waals surface area contributed by atoms with E-state index in [4.69, 9.17) is 4.74 Å². The Bertz CT molecular complexity index is 334. The molecule has 2 atom stereocenters. The van der Waals surface area contributed by atoms with E-state index in [-0.39, 0.29) is 0 Å². The summed E-state index contributed by atoms with van der Waals surface area (Å²) in [5.74, 6) is 0.860. The second-order valence-corrected chi connectivity index (χ2v) is 7.32. The van der Waals surface area contributed by atoms with Crippen LogP contribution < -0.4 is 0 Å². The van der Waals surface area contributed by atoms with Crippen LogP contribution in [0.25, 0.3) is 0 Å². The van der Waals surface area contributed by atoms with Crippen molar-refractivity contribution in [3.05, 3.63) is 0 Å². The van der Waals surface area contributed by atoms with E-state index in [2.05, 4.69) is 23.5 Å². The number of nitrogens with zero attached hydrogens (tertiary/aromatic N) is 1. The minimum Gasteiger partial charge on any atom is -0.385 e. The molecule has 142 valence electrons. The number of ketones is 1. The maximum atomic E-state index is 11.6. The molecule has 0 bridgehead atoms. The summed E-state index contributed by atoms with van der Waals surface area (Å²) >= 11 is 0. The number of hydrogen-bond acceptors (Lipinski definition) is 4. The normalized spacial score (nSPS) is 22.2. The molecule has 0 N–H and O–H groups in total. The van der Waals surface area contributed by atoms with Crippen LogP contribution in [0, 0.1) is 5.92 Å². The molecule has 1 saturated heterocycles. The van der Waals surface area contributed by atoms with Crippen LogP contribution in [-0.4, -0.2) is 55.7 Å². The fourth-order valence-electron chi connectivity index (χ4n) is 3.23. The molecular weight excluding hydrogens is 302 g/mol. The van der Waals surface area contributed by atoms with Crippen LogP contribution in [0.3, 0.4) is 0 Å². The maximum Gasteiger partial charge on any atom is 0.132 e. The van der Waals surface area contributed by atoms with Gasteiger partial charge in [-0.25, -0.2) is 0 Å². The molecule has 0 aromatic rings. The van der Waals surface area contributed by atoms with Crippen molar-refractivity contribution < 1.29 is 14.3 Å². The number of hydrogen-bond donors (Lipinski definition) is 0. The topological polar surface area (TPSA) is 38.8 Å². The Hall–Kier alpha value is -0.450. The van der Waals surface area contributed by atoms with Gasteiger partial charge in [0.1, 0.15) is 5.78 Å². The number of ether oxygens (including phenoxy) is 2. The van der Waals surface area contributed by atoms with Crippen molar-refractivity contribution in [3.63, 3.8) is 0 Å². The molecule has 2 unspecified atom stereocenters. The Morgan fingerprint density at radius 1 is 1.08 bits per heavy atom. The average molecular weight is 342 g/mol. The SMILES string of the molecule is CCC(=O)CC(C)C(C)N1CCC(OC2CCC2)CC1.CCOC. The van der Waals surface area contributed by atoms with Crippen LogP contribution in [0.1, 0.15) is 72.6 Å². The smallest absolute Gasteiger partial charge is 0.132 e. The highest BCUT2D eigenvalue weighted by Gasteiger charge is 2.29. The highest BCUT2D eigenvalue weighted by atomic mass is 16.5. The van der Waals surface area contributed by atoms with E-state index in [0.717, 1.165) is 39.0 Å². The predicted molar refractivity (Wildman–Crippen MR) is 99.4 cm³/mol. The van der Waals surface area contributed by atoms with Gasteiger partial charge in [0.2, 0.25) is 0 Å². The van der Waals surface area contributed by atoms with Crippen LogP contribution in [0.15, 0.2) is 0 Å². The molecule has 1 aliphatic carbocycles. The first-order chi connectivity index (χ1) is 11.5. The number of carbonyl (C=O) groups excluding carboxylic acids is 1. The summed E-state index contributed by atoms with van der Waals surface area (Å²) < 4.78 is 10.7. The summed E-state index contributed by atoms with van der Waals surface area (Å²) in [6.45, 7) is 11.5. The van der Waals surface area contributed by atoms with E-state index in [9.17, 15) is 4.79 Å². The van der Waals surface area contributed by atoms with Crippen LogP contribution in [-0.2, 0) is 14.3 Å². The Balaban J connectivity index is 0.000000648. The molecule has 1 saturated carbocycles. The van der Waals surface area contributed by atoms with Gasteiger partial charge in [-0.15, -0.1) is 0 Å². The van der Waals surface area contributed by atoms with E-state index >= 15 is 0 Å². The third-order valence-electron chi connectivity index (χ3n) is 5.55. The third kappa shape index (κ3) is 7.62. The molecule has 0 spiro atoms. The van der Waals surface area contributed by atoms with Crippen LogP contribution in [0.4, 0.5) is 0 Å². The number of likely N-dealkylation sites (tertiary alicyclic amines) is 1. The highest BCUT2D eigenvalue weighted by Crippen LogP contribution is 2.27. The zero-order chi connectivity index (χ0) is 17.9. The number of rotatable bonds is 8. The Morgan fingerprint density at radius 3 is 2.04 bits per heavy atom. The van der Waals surface area contributed by atoms with Gasteiger partial charge >= 0.3 is 0 Å². The molecule has 24 heavy (non-hydrogen) atoms. The zero-order valence-electron chi connectivity index (χ0n) is 16.6. The first kappa shape index (κ1) is 21.6. The lowest BCUT2D eigenvalue weighted by molar-refractivity contribution is -0.120. The van der Waals surface area contributed by atoms with Gasteiger partial charge < -0.3 is 14.4 Å². The molecule has 2 aliphatic rings. The van der Waals surface area contributed by atoms with Gasteiger partial charge in [0, 0.05) is 45.7 Å². The van der Waals surface area contributed by atoms with Gasteiger partial charge in [0.25, 0.3) is 0 Å². The second-order valence-electron chi connectivity index (χ2n) is 7.32. The van der Waals surface area contributed by atoms with E-state index in [0.29, 0.717) is 36.4 Å². The van der Waals surface area contributed by atoms with Gasteiger partial charge in [-0.1, -0.05) is 13.8 Å². The Kier molecular flexibility index (Phi) is 10.8. The van der Waals surface area contributed by atoms with E-state index < -0.39 is 0 Å². The molecular formula is C20H39NO3. The monoisotopic (exact) mass is 341 g/mol. The minimum atomic E-state index is 0.396. The molecule has 0 radical (unpaired) electrons. The maximum absolute atomic E-state index is 11.6. The van der Waals surface area contributed by atoms with Crippen LogP contribution in [0.2, 0.25) is 0 Å². The molecule has 2 rings (SSSR count). The number of Topliss-reactive ketones (excluding diaryl/α,β-unsaturated/α-hetero) is 1. The summed E-state index contributed by atoms with van der Waals surface area (Å²) in [5, 5.41) is 0. The van der Waals surface area contributed by atoms with E-state index in [1.54, 1.807) is 7.11 Å². The van der Waals surface area contributed by atoms with Crippen molar-refractivity contribution in [3.8, 4) is 0 Å². The zero-order valence-corrected chi connectivity index (χ0v) is 16.6.